The number of nitrogens with one attached hydrogen (secondary N) is 1. The Balaban J connectivity index is 2.59. The molecule has 25 heavy (non-hydrogen) atoms. The molecule has 1 aliphatic heterocycles. The largest absolute Gasteiger partial charge is 0.480 e. The first kappa shape index (κ1) is 21.3. The van der Waals surface area contributed by atoms with E-state index in [1.165, 1.54) is 4.90 Å². The van der Waals surface area contributed by atoms with E-state index in [9.17, 15) is 22.8 Å². The first-order valence-corrected chi connectivity index (χ1v) is 9.81. The third-order valence-electron chi connectivity index (χ3n) is 3.59. The van der Waals surface area contributed by atoms with Gasteiger partial charge in [0.1, 0.15) is 6.54 Å². The highest BCUT2D eigenvalue weighted by Gasteiger charge is 2.29. The molecular formula is C14H25N3O7S. The molecule has 0 spiro atoms. The summed E-state index contributed by atoms with van der Waals surface area (Å²) in [5.74, 6) is -1.76. The standard InChI is InChI=1S/C14H25N3O7S/c1-3-4-12(18)15-7-13(19)16-5-6-24-11(8-16)9-17(10-14(20)21)25(2,22)23/h11H,3-10H2,1-2H3,(H,15,18)(H,20,21). The number of sulfonamides is 1. The summed E-state index contributed by atoms with van der Waals surface area (Å²) in [5.41, 5.74) is 0. The van der Waals surface area contributed by atoms with E-state index in [1.807, 2.05) is 6.92 Å². The van der Waals surface area contributed by atoms with Crippen LogP contribution < -0.4 is 5.32 Å². The molecule has 1 rings (SSSR count). The van der Waals surface area contributed by atoms with Crippen molar-refractivity contribution in [2.45, 2.75) is 25.9 Å². The molecule has 0 bridgehead atoms. The molecule has 1 aliphatic rings. The molecule has 0 saturated carbocycles. The van der Waals surface area contributed by atoms with Crippen LogP contribution in [0.25, 0.3) is 0 Å². The van der Waals surface area contributed by atoms with Gasteiger partial charge in [-0.15, -0.1) is 0 Å². The molecule has 0 radical (unpaired) electrons. The third-order valence-corrected chi connectivity index (χ3v) is 4.81. The average Bonchev–Trinajstić information content (AvgIpc) is 2.51. The lowest BCUT2D eigenvalue weighted by molar-refractivity contribution is -0.141. The van der Waals surface area contributed by atoms with Crippen molar-refractivity contribution in [3.8, 4) is 0 Å². The first-order valence-electron chi connectivity index (χ1n) is 7.96. The van der Waals surface area contributed by atoms with Crippen molar-refractivity contribution in [2.75, 3.05) is 45.6 Å². The van der Waals surface area contributed by atoms with Crippen LogP contribution >= 0.6 is 0 Å². The van der Waals surface area contributed by atoms with Gasteiger partial charge in [0.15, 0.2) is 0 Å². The molecule has 0 aliphatic carbocycles. The van der Waals surface area contributed by atoms with Crippen molar-refractivity contribution in [2.24, 2.45) is 0 Å². The number of carbonyl (C=O) groups excluding carboxylic acids is 2. The van der Waals surface area contributed by atoms with Gasteiger partial charge in [0.2, 0.25) is 21.8 Å². The smallest absolute Gasteiger partial charge is 0.318 e. The number of hydrogen-bond donors (Lipinski definition) is 2. The van der Waals surface area contributed by atoms with Gasteiger partial charge in [-0.3, -0.25) is 14.4 Å². The molecule has 144 valence electrons. The Bertz CT molecular complexity index is 593. The van der Waals surface area contributed by atoms with E-state index in [1.54, 1.807) is 0 Å². The number of carboxylic acid groups (broad SMARTS) is 1. The van der Waals surface area contributed by atoms with Gasteiger partial charge in [0.05, 0.1) is 25.5 Å². The highest BCUT2D eigenvalue weighted by molar-refractivity contribution is 7.88. The zero-order valence-electron chi connectivity index (χ0n) is 14.4. The van der Waals surface area contributed by atoms with Crippen LogP contribution in [0.15, 0.2) is 0 Å². The van der Waals surface area contributed by atoms with E-state index < -0.39 is 28.6 Å². The number of morpholine rings is 1. The Labute approximate surface area is 147 Å². The molecule has 1 unspecified atom stereocenters. The summed E-state index contributed by atoms with van der Waals surface area (Å²) in [6, 6.07) is 0. The maximum absolute atomic E-state index is 12.1. The van der Waals surface area contributed by atoms with E-state index in [0.29, 0.717) is 19.4 Å². The van der Waals surface area contributed by atoms with Gasteiger partial charge in [-0.25, -0.2) is 8.42 Å². The maximum Gasteiger partial charge on any atom is 0.318 e. The maximum atomic E-state index is 12.1. The van der Waals surface area contributed by atoms with Crippen molar-refractivity contribution in [3.05, 3.63) is 0 Å². The molecule has 1 fully saturated rings. The number of ether oxygens (including phenoxy) is 1. The van der Waals surface area contributed by atoms with Gasteiger partial charge in [-0.1, -0.05) is 6.92 Å². The zero-order chi connectivity index (χ0) is 19.0. The molecule has 1 saturated heterocycles. The topological polar surface area (TPSA) is 133 Å². The number of rotatable bonds is 9. The van der Waals surface area contributed by atoms with Crippen molar-refractivity contribution >= 4 is 27.8 Å². The second-order valence-electron chi connectivity index (χ2n) is 5.81. The van der Waals surface area contributed by atoms with Gasteiger partial charge >= 0.3 is 5.97 Å². The minimum atomic E-state index is -3.71. The summed E-state index contributed by atoms with van der Waals surface area (Å²) in [4.78, 5) is 35.9. The van der Waals surface area contributed by atoms with E-state index in [-0.39, 0.29) is 38.1 Å². The number of carbonyl (C=O) groups is 3. The van der Waals surface area contributed by atoms with Crippen molar-refractivity contribution < 1.29 is 32.6 Å². The zero-order valence-corrected chi connectivity index (χ0v) is 15.3. The van der Waals surface area contributed by atoms with Crippen LogP contribution in [0.3, 0.4) is 0 Å². The quantitative estimate of drug-likeness (QED) is 0.497. The van der Waals surface area contributed by atoms with E-state index in [4.69, 9.17) is 9.84 Å². The Kier molecular flexibility index (Phi) is 8.26. The molecular weight excluding hydrogens is 354 g/mol. The molecule has 0 aromatic heterocycles. The predicted molar refractivity (Wildman–Crippen MR) is 88.3 cm³/mol. The van der Waals surface area contributed by atoms with Crippen molar-refractivity contribution in [1.82, 2.24) is 14.5 Å². The minimum absolute atomic E-state index is 0.129. The second kappa shape index (κ2) is 9.68. The fourth-order valence-corrected chi connectivity index (χ4v) is 3.13. The Morgan fingerprint density at radius 2 is 2.04 bits per heavy atom. The third kappa shape index (κ3) is 7.80. The lowest BCUT2D eigenvalue weighted by Crippen LogP contribution is -2.52. The van der Waals surface area contributed by atoms with Crippen LogP contribution in [0.4, 0.5) is 0 Å². The van der Waals surface area contributed by atoms with Crippen LogP contribution in [0.2, 0.25) is 0 Å². The van der Waals surface area contributed by atoms with Crippen molar-refractivity contribution in [3.63, 3.8) is 0 Å². The normalized spacial score (nSPS) is 18.2. The monoisotopic (exact) mass is 379 g/mol. The molecule has 0 aromatic rings. The van der Waals surface area contributed by atoms with Gasteiger partial charge in [0.25, 0.3) is 0 Å². The molecule has 10 nitrogen and oxygen atoms in total. The molecule has 1 heterocycles. The molecule has 2 N–H and O–H groups in total. The van der Waals surface area contributed by atoms with Crippen LogP contribution in [0.1, 0.15) is 19.8 Å². The number of hydrogen-bond acceptors (Lipinski definition) is 6. The van der Waals surface area contributed by atoms with Crippen LogP contribution in [-0.4, -0.2) is 92.2 Å². The Hall–Kier alpha value is -1.72. The van der Waals surface area contributed by atoms with Crippen molar-refractivity contribution in [1.29, 1.82) is 0 Å². The molecule has 2 amide bonds. The van der Waals surface area contributed by atoms with Gasteiger partial charge < -0.3 is 20.1 Å². The summed E-state index contributed by atoms with van der Waals surface area (Å²) in [7, 11) is -3.71. The number of amides is 2. The fraction of sp³-hybridized carbons (Fsp3) is 0.786. The van der Waals surface area contributed by atoms with E-state index in [0.717, 1.165) is 10.6 Å². The molecule has 11 heteroatoms. The van der Waals surface area contributed by atoms with Gasteiger partial charge in [-0.05, 0) is 6.42 Å². The average molecular weight is 379 g/mol. The summed E-state index contributed by atoms with van der Waals surface area (Å²) in [5, 5.41) is 11.4. The number of nitrogens with zero attached hydrogens (tertiary/aromatic N) is 2. The summed E-state index contributed by atoms with van der Waals surface area (Å²) < 4.78 is 29.6. The number of aliphatic carboxylic acids is 1. The first-order chi connectivity index (χ1) is 11.6. The Morgan fingerprint density at radius 3 is 2.60 bits per heavy atom. The number of carboxylic acids is 1. The lowest BCUT2D eigenvalue weighted by atomic mass is 10.2. The van der Waals surface area contributed by atoms with E-state index >= 15 is 0 Å². The predicted octanol–water partition coefficient (Wildman–Crippen LogP) is -1.52. The highest BCUT2D eigenvalue weighted by Crippen LogP contribution is 2.09. The van der Waals surface area contributed by atoms with Gasteiger partial charge in [-0.2, -0.15) is 4.31 Å². The summed E-state index contributed by atoms with van der Waals surface area (Å²) in [6.07, 6.45) is 1.32. The minimum Gasteiger partial charge on any atom is -0.480 e. The Morgan fingerprint density at radius 1 is 1.36 bits per heavy atom. The molecule has 1 atom stereocenters. The highest BCUT2D eigenvalue weighted by atomic mass is 32.2. The summed E-state index contributed by atoms with van der Waals surface area (Å²) >= 11 is 0. The SMILES string of the molecule is CCCC(=O)NCC(=O)N1CCOC(CN(CC(=O)O)S(C)(=O)=O)C1. The van der Waals surface area contributed by atoms with Crippen LogP contribution in [0, 0.1) is 0 Å². The molecule has 0 aromatic carbocycles. The van der Waals surface area contributed by atoms with Gasteiger partial charge in [0, 0.05) is 26.1 Å². The summed E-state index contributed by atoms with van der Waals surface area (Å²) in [6.45, 7) is 1.58. The second-order valence-corrected chi connectivity index (χ2v) is 7.79. The fourth-order valence-electron chi connectivity index (χ4n) is 2.35. The van der Waals surface area contributed by atoms with E-state index in [2.05, 4.69) is 5.32 Å². The van der Waals surface area contributed by atoms with Crippen LogP contribution in [-0.2, 0) is 29.1 Å². The van der Waals surface area contributed by atoms with Crippen LogP contribution in [0.5, 0.6) is 0 Å². The lowest BCUT2D eigenvalue weighted by Gasteiger charge is -2.34.